The molecule has 0 atom stereocenters. The molecule has 0 spiro atoms. The van der Waals surface area contributed by atoms with Crippen molar-refractivity contribution in [2.24, 2.45) is 4.99 Å². The molecule has 14 heavy (non-hydrogen) atoms. The Bertz CT molecular complexity index is 273. The molecule has 0 radical (unpaired) electrons. The van der Waals surface area contributed by atoms with Gasteiger partial charge in [-0.2, -0.15) is 0 Å². The van der Waals surface area contributed by atoms with Crippen LogP contribution in [-0.2, 0) is 14.3 Å². The largest absolute Gasteiger partial charge is 0.473 e. The molecule has 0 aliphatic carbocycles. The third-order valence-corrected chi connectivity index (χ3v) is 2.35. The van der Waals surface area contributed by atoms with Gasteiger partial charge in [0.05, 0.1) is 19.8 Å². The minimum Gasteiger partial charge on any atom is -0.473 e. The van der Waals surface area contributed by atoms with Crippen molar-refractivity contribution in [2.45, 2.75) is 13.8 Å². The number of nitrogens with zero attached hydrogens (tertiary/aromatic N) is 1. The van der Waals surface area contributed by atoms with Crippen molar-refractivity contribution in [1.29, 1.82) is 0 Å². The van der Waals surface area contributed by atoms with Crippen LogP contribution in [0.25, 0.3) is 0 Å². The van der Waals surface area contributed by atoms with Gasteiger partial charge in [-0.15, -0.1) is 0 Å². The van der Waals surface area contributed by atoms with E-state index in [1.807, 2.05) is 6.92 Å². The highest BCUT2D eigenvalue weighted by Gasteiger charge is 2.15. The lowest BCUT2D eigenvalue weighted by molar-refractivity contribution is -0.137. The first-order chi connectivity index (χ1) is 6.76. The van der Waals surface area contributed by atoms with Crippen molar-refractivity contribution in [2.75, 3.05) is 19.8 Å². The van der Waals surface area contributed by atoms with Gasteiger partial charge in [0.1, 0.15) is 0 Å². The summed E-state index contributed by atoms with van der Waals surface area (Å²) in [5.74, 6) is -0.317. The monoisotopic (exact) mass is 215 g/mol. The summed E-state index contributed by atoms with van der Waals surface area (Å²) >= 11 is 1.38. The van der Waals surface area contributed by atoms with Crippen LogP contribution >= 0.6 is 11.8 Å². The molecule has 0 saturated carbocycles. The molecule has 0 aromatic carbocycles. The number of esters is 1. The van der Waals surface area contributed by atoms with E-state index in [9.17, 15) is 4.79 Å². The molecule has 0 saturated heterocycles. The highest BCUT2D eigenvalue weighted by molar-refractivity contribution is 8.17. The summed E-state index contributed by atoms with van der Waals surface area (Å²) < 4.78 is 9.97. The zero-order chi connectivity index (χ0) is 10.4. The minimum atomic E-state index is -0.317. The molecule has 0 amide bonds. The van der Waals surface area contributed by atoms with Crippen LogP contribution in [0.4, 0.5) is 0 Å². The second kappa shape index (κ2) is 5.70. The van der Waals surface area contributed by atoms with Crippen LogP contribution in [-0.4, -0.2) is 31.0 Å². The number of carbonyl (C=O) groups is 1. The second-order valence-electron chi connectivity index (χ2n) is 2.48. The Kier molecular flexibility index (Phi) is 4.52. The molecule has 1 heterocycles. The normalized spacial score (nSPS) is 18.1. The predicted molar refractivity (Wildman–Crippen MR) is 56.2 cm³/mol. The van der Waals surface area contributed by atoms with Gasteiger partial charge in [-0.05, 0) is 25.6 Å². The smallest absolute Gasteiger partial charge is 0.331 e. The molecule has 0 bridgehead atoms. The Hall–Kier alpha value is -0.970. The van der Waals surface area contributed by atoms with Gasteiger partial charge in [-0.1, -0.05) is 0 Å². The van der Waals surface area contributed by atoms with Crippen LogP contribution in [0.2, 0.25) is 0 Å². The molecule has 0 fully saturated rings. The van der Waals surface area contributed by atoms with E-state index in [1.54, 1.807) is 6.92 Å². The van der Waals surface area contributed by atoms with Gasteiger partial charge in [0.25, 0.3) is 5.23 Å². The third kappa shape index (κ3) is 3.41. The van der Waals surface area contributed by atoms with Gasteiger partial charge in [-0.25, -0.2) is 9.79 Å². The lowest BCUT2D eigenvalue weighted by Crippen LogP contribution is -2.00. The molecule has 0 unspecified atom stereocenters. The molecule has 1 aliphatic rings. The summed E-state index contributed by atoms with van der Waals surface area (Å²) in [5.41, 5.74) is 0. The summed E-state index contributed by atoms with van der Waals surface area (Å²) in [6.45, 7) is 5.18. The standard InChI is InChI=1S/C9H13NO3S/c1-3-12-8(11)5-7-6-10-9(14-7)13-4-2/h5H,3-4,6H2,1-2H3/b7-5+. The highest BCUT2D eigenvalue weighted by Crippen LogP contribution is 2.25. The molecule has 0 aromatic heterocycles. The number of ether oxygens (including phenoxy) is 2. The molecule has 1 aliphatic heterocycles. The van der Waals surface area contributed by atoms with E-state index >= 15 is 0 Å². The number of carbonyl (C=O) groups excluding carboxylic acids is 1. The zero-order valence-electron chi connectivity index (χ0n) is 8.28. The van der Waals surface area contributed by atoms with Gasteiger partial charge >= 0.3 is 5.97 Å². The molecular weight excluding hydrogens is 202 g/mol. The summed E-state index contributed by atoms with van der Waals surface area (Å²) in [4.78, 5) is 16.0. The van der Waals surface area contributed by atoms with E-state index < -0.39 is 0 Å². The SMILES string of the molecule is CCOC(=O)/C=C1\CN=C(OCC)S1. The third-order valence-electron chi connectivity index (χ3n) is 1.42. The lowest BCUT2D eigenvalue weighted by atomic mass is 10.5. The topological polar surface area (TPSA) is 47.9 Å². The van der Waals surface area contributed by atoms with Crippen molar-refractivity contribution in [3.05, 3.63) is 11.0 Å². The second-order valence-corrected chi connectivity index (χ2v) is 3.56. The molecule has 1 rings (SSSR count). The van der Waals surface area contributed by atoms with E-state index in [0.29, 0.717) is 25.0 Å². The van der Waals surface area contributed by atoms with Crippen molar-refractivity contribution >= 4 is 23.0 Å². The minimum absolute atomic E-state index is 0.317. The average molecular weight is 215 g/mol. The molecule has 0 N–H and O–H groups in total. The molecule has 0 aromatic rings. The van der Waals surface area contributed by atoms with Crippen molar-refractivity contribution in [1.82, 2.24) is 0 Å². The lowest BCUT2D eigenvalue weighted by Gasteiger charge is -1.99. The maximum Gasteiger partial charge on any atom is 0.331 e. The number of hydrogen-bond acceptors (Lipinski definition) is 5. The van der Waals surface area contributed by atoms with E-state index in [-0.39, 0.29) is 5.97 Å². The Balaban J connectivity index is 2.40. The number of rotatable bonds is 3. The summed E-state index contributed by atoms with van der Waals surface area (Å²) in [7, 11) is 0. The first kappa shape index (κ1) is 11.1. The Morgan fingerprint density at radius 1 is 1.57 bits per heavy atom. The Morgan fingerprint density at radius 2 is 2.36 bits per heavy atom. The number of thioether (sulfide) groups is 1. The van der Waals surface area contributed by atoms with Crippen molar-refractivity contribution in [3.8, 4) is 0 Å². The summed E-state index contributed by atoms with van der Waals surface area (Å²) in [6.07, 6.45) is 1.46. The zero-order valence-corrected chi connectivity index (χ0v) is 9.10. The van der Waals surface area contributed by atoms with Crippen molar-refractivity contribution < 1.29 is 14.3 Å². The van der Waals surface area contributed by atoms with Crippen LogP contribution in [0.1, 0.15) is 13.8 Å². The van der Waals surface area contributed by atoms with Crippen LogP contribution < -0.4 is 0 Å². The molecule has 4 nitrogen and oxygen atoms in total. The quantitative estimate of drug-likeness (QED) is 0.529. The number of aliphatic imine (C=N–C) groups is 1. The average Bonchev–Trinajstić information content (AvgIpc) is 2.53. The van der Waals surface area contributed by atoms with Gasteiger partial charge < -0.3 is 9.47 Å². The predicted octanol–water partition coefficient (Wildman–Crippen LogP) is 1.57. The number of hydrogen-bond donors (Lipinski definition) is 0. The fraction of sp³-hybridized carbons (Fsp3) is 0.556. The van der Waals surface area contributed by atoms with E-state index in [4.69, 9.17) is 9.47 Å². The Labute approximate surface area is 87.4 Å². The molecule has 78 valence electrons. The van der Waals surface area contributed by atoms with E-state index in [2.05, 4.69) is 4.99 Å². The fourth-order valence-electron chi connectivity index (χ4n) is 0.908. The van der Waals surface area contributed by atoms with Gasteiger partial charge in [0.15, 0.2) is 0 Å². The van der Waals surface area contributed by atoms with Crippen molar-refractivity contribution in [3.63, 3.8) is 0 Å². The van der Waals surface area contributed by atoms with Crippen LogP contribution in [0.3, 0.4) is 0 Å². The highest BCUT2D eigenvalue weighted by atomic mass is 32.2. The summed E-state index contributed by atoms with van der Waals surface area (Å²) in [6, 6.07) is 0. The van der Waals surface area contributed by atoms with Crippen LogP contribution in [0.15, 0.2) is 16.0 Å². The Morgan fingerprint density at radius 3 is 3.00 bits per heavy atom. The van der Waals surface area contributed by atoms with E-state index in [0.717, 1.165) is 4.91 Å². The summed E-state index contributed by atoms with van der Waals surface area (Å²) in [5, 5.41) is 0.628. The first-order valence-electron chi connectivity index (χ1n) is 4.48. The van der Waals surface area contributed by atoms with Gasteiger partial charge in [-0.3, -0.25) is 0 Å². The maximum absolute atomic E-state index is 11.1. The fourth-order valence-corrected chi connectivity index (χ4v) is 1.72. The maximum atomic E-state index is 11.1. The first-order valence-corrected chi connectivity index (χ1v) is 5.30. The molecular formula is C9H13NO3S. The molecule has 5 heteroatoms. The van der Waals surface area contributed by atoms with Gasteiger partial charge in [0, 0.05) is 11.0 Å². The van der Waals surface area contributed by atoms with Crippen LogP contribution in [0.5, 0.6) is 0 Å². The van der Waals surface area contributed by atoms with E-state index in [1.165, 1.54) is 17.8 Å². The van der Waals surface area contributed by atoms with Crippen LogP contribution in [0, 0.1) is 0 Å². The van der Waals surface area contributed by atoms with Gasteiger partial charge in [0.2, 0.25) is 0 Å².